The van der Waals surface area contributed by atoms with E-state index in [1.807, 2.05) is 18.2 Å². The van der Waals surface area contributed by atoms with Crippen molar-refractivity contribution in [3.05, 3.63) is 46.5 Å². The Balaban J connectivity index is 2.33. The first kappa shape index (κ1) is 16.5. The van der Waals surface area contributed by atoms with Crippen LogP contribution in [-0.4, -0.2) is 15.7 Å². The lowest BCUT2D eigenvalue weighted by molar-refractivity contribution is 0.0988. The highest BCUT2D eigenvalue weighted by Crippen LogP contribution is 2.29. The van der Waals surface area contributed by atoms with Crippen molar-refractivity contribution >= 4 is 44.1 Å². The molecule has 0 spiro atoms. The Morgan fingerprint density at radius 1 is 1.33 bits per heavy atom. The van der Waals surface area contributed by atoms with Gasteiger partial charge in [0.1, 0.15) is 0 Å². The SMILES string of the molecule is CCCCC(Br)C(=O)c1ccc2c(Cl)c(CO)ccc2c1. The lowest BCUT2D eigenvalue weighted by atomic mass is 10.00. The molecule has 0 amide bonds. The van der Waals surface area contributed by atoms with Crippen LogP contribution < -0.4 is 0 Å². The number of Topliss-reactive ketones (excluding diaryl/α,β-unsaturated/α-hetero) is 1. The predicted molar refractivity (Wildman–Crippen MR) is 91.5 cm³/mol. The second-order valence-corrected chi connectivity index (χ2v) is 6.59. The van der Waals surface area contributed by atoms with Crippen LogP contribution in [0.25, 0.3) is 10.8 Å². The topological polar surface area (TPSA) is 37.3 Å². The van der Waals surface area contributed by atoms with Gasteiger partial charge in [-0.25, -0.2) is 0 Å². The first-order chi connectivity index (χ1) is 10.1. The minimum atomic E-state index is -0.137. The second-order valence-electron chi connectivity index (χ2n) is 5.11. The average Bonchev–Trinajstić information content (AvgIpc) is 2.51. The third-order valence-electron chi connectivity index (χ3n) is 3.58. The van der Waals surface area contributed by atoms with E-state index < -0.39 is 0 Å². The molecule has 112 valence electrons. The van der Waals surface area contributed by atoms with Crippen LogP contribution in [0.2, 0.25) is 5.02 Å². The summed E-state index contributed by atoms with van der Waals surface area (Å²) in [5, 5.41) is 11.6. The van der Waals surface area contributed by atoms with E-state index in [0.717, 1.165) is 30.0 Å². The zero-order valence-electron chi connectivity index (χ0n) is 11.9. The predicted octanol–water partition coefficient (Wildman–Crippen LogP) is 5.12. The molecule has 2 nitrogen and oxygen atoms in total. The van der Waals surface area contributed by atoms with Gasteiger partial charge in [-0.15, -0.1) is 0 Å². The number of halogens is 2. The maximum Gasteiger partial charge on any atom is 0.176 e. The molecule has 2 aromatic rings. The molecule has 2 rings (SSSR count). The molecule has 0 aromatic heterocycles. The Labute approximate surface area is 138 Å². The van der Waals surface area contributed by atoms with E-state index in [1.165, 1.54) is 0 Å². The third kappa shape index (κ3) is 3.65. The van der Waals surface area contributed by atoms with Gasteiger partial charge in [-0.1, -0.05) is 71.6 Å². The van der Waals surface area contributed by atoms with Gasteiger partial charge in [0.2, 0.25) is 0 Å². The summed E-state index contributed by atoms with van der Waals surface area (Å²) in [6, 6.07) is 9.20. The van der Waals surface area contributed by atoms with Gasteiger partial charge in [0, 0.05) is 10.9 Å². The summed E-state index contributed by atoms with van der Waals surface area (Å²) in [5.74, 6) is 0.104. The highest BCUT2D eigenvalue weighted by atomic mass is 79.9. The van der Waals surface area contributed by atoms with Crippen LogP contribution in [0.3, 0.4) is 0 Å². The number of fused-ring (bicyclic) bond motifs is 1. The standard InChI is InChI=1S/C17H18BrClO2/c1-2-3-4-15(18)17(21)12-7-8-14-11(9-12)5-6-13(10-20)16(14)19/h5-9,15,20H,2-4,10H2,1H3. The van der Waals surface area contributed by atoms with Gasteiger partial charge in [-0.3, -0.25) is 4.79 Å². The number of rotatable bonds is 6. The fraction of sp³-hybridized carbons (Fsp3) is 0.353. The van der Waals surface area contributed by atoms with E-state index in [9.17, 15) is 9.90 Å². The number of carbonyl (C=O) groups excluding carboxylic acids is 1. The summed E-state index contributed by atoms with van der Waals surface area (Å²) in [7, 11) is 0. The van der Waals surface area contributed by atoms with Crippen molar-refractivity contribution in [3.63, 3.8) is 0 Å². The fourth-order valence-electron chi connectivity index (χ4n) is 2.31. The Morgan fingerprint density at radius 2 is 2.10 bits per heavy atom. The quantitative estimate of drug-likeness (QED) is 0.566. The Kier molecular flexibility index (Phi) is 5.80. The van der Waals surface area contributed by atoms with Crippen LogP contribution in [0.5, 0.6) is 0 Å². The smallest absolute Gasteiger partial charge is 0.176 e. The highest BCUT2D eigenvalue weighted by Gasteiger charge is 2.17. The maximum absolute atomic E-state index is 12.4. The first-order valence-electron chi connectivity index (χ1n) is 7.08. The van der Waals surface area contributed by atoms with Crippen molar-refractivity contribution in [2.45, 2.75) is 37.6 Å². The van der Waals surface area contributed by atoms with E-state index in [4.69, 9.17) is 11.6 Å². The summed E-state index contributed by atoms with van der Waals surface area (Å²) in [6.07, 6.45) is 2.95. The molecule has 0 saturated carbocycles. The van der Waals surface area contributed by atoms with Crippen LogP contribution in [0.4, 0.5) is 0 Å². The molecule has 0 aliphatic carbocycles. The van der Waals surface area contributed by atoms with Crippen LogP contribution >= 0.6 is 27.5 Å². The van der Waals surface area contributed by atoms with Crippen LogP contribution in [-0.2, 0) is 6.61 Å². The minimum Gasteiger partial charge on any atom is -0.392 e. The number of aliphatic hydroxyl groups excluding tert-OH is 1. The molecule has 0 aliphatic heterocycles. The van der Waals surface area contributed by atoms with Gasteiger partial charge in [-0.2, -0.15) is 0 Å². The number of aliphatic hydroxyl groups is 1. The normalized spacial score (nSPS) is 12.6. The molecular weight excluding hydrogens is 352 g/mol. The largest absolute Gasteiger partial charge is 0.392 e. The van der Waals surface area contributed by atoms with Gasteiger partial charge >= 0.3 is 0 Å². The molecule has 2 aromatic carbocycles. The highest BCUT2D eigenvalue weighted by molar-refractivity contribution is 9.10. The molecule has 0 radical (unpaired) electrons. The first-order valence-corrected chi connectivity index (χ1v) is 8.38. The Hall–Kier alpha value is -0.900. The maximum atomic E-state index is 12.4. The third-order valence-corrected chi connectivity index (χ3v) is 4.90. The van der Waals surface area contributed by atoms with Crippen LogP contribution in [0.1, 0.15) is 42.1 Å². The molecule has 1 atom stereocenters. The van der Waals surface area contributed by atoms with Crippen molar-refractivity contribution < 1.29 is 9.90 Å². The van der Waals surface area contributed by atoms with Gasteiger partial charge < -0.3 is 5.11 Å². The zero-order chi connectivity index (χ0) is 15.4. The van der Waals surface area contributed by atoms with E-state index in [2.05, 4.69) is 22.9 Å². The second kappa shape index (κ2) is 7.39. The number of ketones is 1. The Morgan fingerprint density at radius 3 is 2.76 bits per heavy atom. The summed E-state index contributed by atoms with van der Waals surface area (Å²) in [4.78, 5) is 12.2. The summed E-state index contributed by atoms with van der Waals surface area (Å²) in [5.41, 5.74) is 1.39. The molecule has 0 aliphatic rings. The average molecular weight is 370 g/mol. The van der Waals surface area contributed by atoms with E-state index in [0.29, 0.717) is 16.1 Å². The van der Waals surface area contributed by atoms with Gasteiger partial charge in [-0.05, 0) is 23.4 Å². The number of unbranched alkanes of at least 4 members (excludes halogenated alkanes) is 1. The van der Waals surface area contributed by atoms with Crippen LogP contribution in [0, 0.1) is 0 Å². The lowest BCUT2D eigenvalue weighted by Gasteiger charge is -2.10. The molecular formula is C17H18BrClO2. The monoisotopic (exact) mass is 368 g/mol. The lowest BCUT2D eigenvalue weighted by Crippen LogP contribution is -2.14. The van der Waals surface area contributed by atoms with Crippen molar-refractivity contribution in [2.24, 2.45) is 0 Å². The van der Waals surface area contributed by atoms with Crippen molar-refractivity contribution in [1.29, 1.82) is 0 Å². The van der Waals surface area contributed by atoms with E-state index in [1.54, 1.807) is 12.1 Å². The molecule has 0 heterocycles. The Bertz CT molecular complexity index is 655. The molecule has 0 fully saturated rings. The van der Waals surface area contributed by atoms with Crippen LogP contribution in [0.15, 0.2) is 30.3 Å². The van der Waals surface area contributed by atoms with E-state index >= 15 is 0 Å². The van der Waals surface area contributed by atoms with E-state index in [-0.39, 0.29) is 17.2 Å². The molecule has 0 saturated heterocycles. The minimum absolute atomic E-state index is 0.0874. The number of hydrogen-bond acceptors (Lipinski definition) is 2. The number of carbonyl (C=O) groups is 1. The van der Waals surface area contributed by atoms with Crippen molar-refractivity contribution in [2.75, 3.05) is 0 Å². The number of hydrogen-bond donors (Lipinski definition) is 1. The summed E-state index contributed by atoms with van der Waals surface area (Å²) in [6.45, 7) is 2.02. The molecule has 1 N–H and O–H groups in total. The van der Waals surface area contributed by atoms with Gasteiger partial charge in [0.05, 0.1) is 16.5 Å². The molecule has 1 unspecified atom stereocenters. The summed E-state index contributed by atoms with van der Waals surface area (Å²) < 4.78 is 0. The number of alkyl halides is 1. The van der Waals surface area contributed by atoms with Crippen molar-refractivity contribution in [3.8, 4) is 0 Å². The van der Waals surface area contributed by atoms with Crippen molar-refractivity contribution in [1.82, 2.24) is 0 Å². The molecule has 4 heteroatoms. The zero-order valence-corrected chi connectivity index (χ0v) is 14.2. The van der Waals surface area contributed by atoms with Gasteiger partial charge in [0.15, 0.2) is 5.78 Å². The van der Waals surface area contributed by atoms with Gasteiger partial charge in [0.25, 0.3) is 0 Å². The summed E-state index contributed by atoms with van der Waals surface area (Å²) >= 11 is 9.72. The molecule has 21 heavy (non-hydrogen) atoms. The molecule has 0 bridgehead atoms. The fourth-order valence-corrected chi connectivity index (χ4v) is 3.19. The number of benzene rings is 2.